The van der Waals surface area contributed by atoms with Crippen molar-refractivity contribution in [3.8, 4) is 0 Å². The van der Waals surface area contributed by atoms with Gasteiger partial charge in [-0.15, -0.1) is 0 Å². The molecule has 2 aromatic carbocycles. The van der Waals surface area contributed by atoms with Crippen LogP contribution in [0, 0.1) is 11.6 Å². The lowest BCUT2D eigenvalue weighted by Crippen LogP contribution is -2.33. The van der Waals surface area contributed by atoms with Crippen LogP contribution in [-0.4, -0.2) is 18.8 Å². The molecule has 0 spiro atoms. The Bertz CT molecular complexity index is 771. The summed E-state index contributed by atoms with van der Waals surface area (Å²) in [7, 11) is -3.91. The van der Waals surface area contributed by atoms with Gasteiger partial charge in [-0.25, -0.2) is 17.2 Å². The maximum absolute atomic E-state index is 13.9. The van der Waals surface area contributed by atoms with Crippen LogP contribution < -0.4 is 0 Å². The topological polar surface area (TPSA) is 37.4 Å². The second-order valence-electron chi connectivity index (χ2n) is 5.34. The van der Waals surface area contributed by atoms with Gasteiger partial charge in [0.05, 0.1) is 0 Å². The molecule has 1 fully saturated rings. The maximum atomic E-state index is 13.9. The van der Waals surface area contributed by atoms with Crippen molar-refractivity contribution in [3.05, 3.63) is 65.7 Å². The van der Waals surface area contributed by atoms with E-state index in [0.717, 1.165) is 18.9 Å². The van der Waals surface area contributed by atoms with E-state index in [0.29, 0.717) is 5.56 Å². The highest BCUT2D eigenvalue weighted by atomic mass is 32.2. The lowest BCUT2D eigenvalue weighted by Gasteiger charge is -2.22. The van der Waals surface area contributed by atoms with Crippen LogP contribution in [0.5, 0.6) is 0 Å². The summed E-state index contributed by atoms with van der Waals surface area (Å²) in [5.41, 5.74) is 0.674. The molecule has 2 aromatic rings. The normalized spacial score (nSPS) is 15.2. The van der Waals surface area contributed by atoms with Gasteiger partial charge in [0.15, 0.2) is 0 Å². The molecule has 0 amide bonds. The summed E-state index contributed by atoms with van der Waals surface area (Å²) in [6.07, 6.45) is 1.52. The van der Waals surface area contributed by atoms with Crippen molar-refractivity contribution < 1.29 is 17.2 Å². The summed E-state index contributed by atoms with van der Waals surface area (Å²) in [6.45, 7) is 0.113. The van der Waals surface area contributed by atoms with Gasteiger partial charge in [0.1, 0.15) is 16.5 Å². The third-order valence-electron chi connectivity index (χ3n) is 3.63. The molecule has 0 bridgehead atoms. The first-order valence-electron chi connectivity index (χ1n) is 6.99. The van der Waals surface area contributed by atoms with Crippen LogP contribution >= 0.6 is 0 Å². The number of hydrogen-bond donors (Lipinski definition) is 0. The minimum Gasteiger partial charge on any atom is -0.207 e. The molecular formula is C16H15F2NO2S. The fourth-order valence-electron chi connectivity index (χ4n) is 2.32. The molecule has 0 N–H and O–H groups in total. The standard InChI is InChI=1S/C16H15F2NO2S/c17-13-7-5-12(6-8-13)11-19(14-9-10-14)22(20,21)16-4-2-1-3-15(16)18/h1-8,14H,9-11H2. The summed E-state index contributed by atoms with van der Waals surface area (Å²) in [4.78, 5) is -0.316. The summed E-state index contributed by atoms with van der Waals surface area (Å²) < 4.78 is 53.6. The second kappa shape index (κ2) is 5.78. The third kappa shape index (κ3) is 3.03. The molecule has 22 heavy (non-hydrogen) atoms. The average molecular weight is 323 g/mol. The first-order valence-corrected chi connectivity index (χ1v) is 8.43. The summed E-state index contributed by atoms with van der Waals surface area (Å²) in [6, 6.07) is 10.9. The number of hydrogen-bond acceptors (Lipinski definition) is 2. The molecular weight excluding hydrogens is 308 g/mol. The van der Waals surface area contributed by atoms with Gasteiger partial charge in [-0.2, -0.15) is 4.31 Å². The first kappa shape index (κ1) is 15.1. The number of sulfonamides is 1. The fourth-order valence-corrected chi connectivity index (χ4v) is 4.06. The average Bonchev–Trinajstić information content (AvgIpc) is 3.31. The highest BCUT2D eigenvalue weighted by Crippen LogP contribution is 2.34. The summed E-state index contributed by atoms with van der Waals surface area (Å²) in [5, 5.41) is 0. The van der Waals surface area contributed by atoms with Crippen molar-refractivity contribution in [2.24, 2.45) is 0 Å². The molecule has 0 unspecified atom stereocenters. The quantitative estimate of drug-likeness (QED) is 0.846. The van der Waals surface area contributed by atoms with Gasteiger partial charge in [-0.05, 0) is 42.7 Å². The molecule has 1 saturated carbocycles. The van der Waals surface area contributed by atoms with Crippen LogP contribution in [0.3, 0.4) is 0 Å². The Labute approximate surface area is 128 Å². The van der Waals surface area contributed by atoms with Crippen molar-refractivity contribution >= 4 is 10.0 Å². The Kier molecular flexibility index (Phi) is 3.97. The van der Waals surface area contributed by atoms with Gasteiger partial charge in [-0.1, -0.05) is 24.3 Å². The second-order valence-corrected chi connectivity index (χ2v) is 7.20. The Hall–Kier alpha value is -1.79. The van der Waals surface area contributed by atoms with Crippen molar-refractivity contribution in [2.45, 2.75) is 30.3 Å². The van der Waals surface area contributed by atoms with Gasteiger partial charge in [0, 0.05) is 12.6 Å². The zero-order valence-corrected chi connectivity index (χ0v) is 12.6. The highest BCUT2D eigenvalue weighted by molar-refractivity contribution is 7.89. The number of nitrogens with zero attached hydrogens (tertiary/aromatic N) is 1. The van der Waals surface area contributed by atoms with Crippen LogP contribution in [0.25, 0.3) is 0 Å². The molecule has 6 heteroatoms. The van der Waals surface area contributed by atoms with Crippen molar-refractivity contribution in [1.29, 1.82) is 0 Å². The van der Waals surface area contributed by atoms with E-state index in [4.69, 9.17) is 0 Å². The molecule has 3 rings (SSSR count). The Morgan fingerprint density at radius 1 is 1.00 bits per heavy atom. The predicted octanol–water partition coefficient (Wildman–Crippen LogP) is 3.32. The molecule has 0 saturated heterocycles. The van der Waals surface area contributed by atoms with Crippen LogP contribution in [0.4, 0.5) is 8.78 Å². The van der Waals surface area contributed by atoms with Crippen molar-refractivity contribution in [2.75, 3.05) is 0 Å². The molecule has 0 aromatic heterocycles. The van der Waals surface area contributed by atoms with Crippen LogP contribution in [0.15, 0.2) is 53.4 Å². The molecule has 0 radical (unpaired) electrons. The maximum Gasteiger partial charge on any atom is 0.246 e. The zero-order valence-electron chi connectivity index (χ0n) is 11.7. The highest BCUT2D eigenvalue weighted by Gasteiger charge is 2.39. The van der Waals surface area contributed by atoms with Crippen LogP contribution in [0.2, 0.25) is 0 Å². The molecule has 3 nitrogen and oxygen atoms in total. The monoisotopic (exact) mass is 323 g/mol. The van der Waals surface area contributed by atoms with E-state index < -0.39 is 15.8 Å². The molecule has 0 heterocycles. The SMILES string of the molecule is O=S(=O)(c1ccccc1F)N(Cc1ccc(F)cc1)C1CC1. The Balaban J connectivity index is 1.94. The number of benzene rings is 2. The van der Waals surface area contributed by atoms with Crippen LogP contribution in [-0.2, 0) is 16.6 Å². The zero-order chi connectivity index (χ0) is 15.7. The molecule has 1 aliphatic rings. The lowest BCUT2D eigenvalue weighted by atomic mass is 10.2. The molecule has 1 aliphatic carbocycles. The Morgan fingerprint density at radius 2 is 1.64 bits per heavy atom. The van der Waals surface area contributed by atoms with Gasteiger partial charge >= 0.3 is 0 Å². The van der Waals surface area contributed by atoms with E-state index in [1.54, 1.807) is 12.1 Å². The molecule has 0 aliphatic heterocycles. The van der Waals surface area contributed by atoms with E-state index in [-0.39, 0.29) is 23.3 Å². The van der Waals surface area contributed by atoms with E-state index in [1.165, 1.54) is 34.6 Å². The number of rotatable bonds is 5. The fraction of sp³-hybridized carbons (Fsp3) is 0.250. The van der Waals surface area contributed by atoms with Gasteiger partial charge < -0.3 is 0 Å². The Morgan fingerprint density at radius 3 is 2.23 bits per heavy atom. The van der Waals surface area contributed by atoms with Gasteiger partial charge in [-0.3, -0.25) is 0 Å². The minimum atomic E-state index is -3.91. The van der Waals surface area contributed by atoms with Crippen molar-refractivity contribution in [1.82, 2.24) is 4.31 Å². The van der Waals surface area contributed by atoms with Gasteiger partial charge in [0.25, 0.3) is 0 Å². The summed E-state index contributed by atoms with van der Waals surface area (Å²) in [5.74, 6) is -1.13. The van der Waals surface area contributed by atoms with E-state index in [9.17, 15) is 17.2 Å². The predicted molar refractivity (Wildman–Crippen MR) is 78.6 cm³/mol. The molecule has 0 atom stereocenters. The van der Waals surface area contributed by atoms with Crippen molar-refractivity contribution in [3.63, 3.8) is 0 Å². The number of halogens is 2. The third-order valence-corrected chi connectivity index (χ3v) is 5.56. The van der Waals surface area contributed by atoms with Crippen LogP contribution in [0.1, 0.15) is 18.4 Å². The first-order chi connectivity index (χ1) is 10.5. The van der Waals surface area contributed by atoms with E-state index in [1.807, 2.05) is 0 Å². The largest absolute Gasteiger partial charge is 0.246 e. The smallest absolute Gasteiger partial charge is 0.207 e. The van der Waals surface area contributed by atoms with Gasteiger partial charge in [0.2, 0.25) is 10.0 Å². The summed E-state index contributed by atoms with van der Waals surface area (Å²) >= 11 is 0. The lowest BCUT2D eigenvalue weighted by molar-refractivity contribution is 0.395. The van der Waals surface area contributed by atoms with E-state index >= 15 is 0 Å². The molecule has 116 valence electrons. The van der Waals surface area contributed by atoms with E-state index in [2.05, 4.69) is 0 Å². The minimum absolute atomic E-state index is 0.113.